The van der Waals surface area contributed by atoms with Crippen LogP contribution in [0.5, 0.6) is 0 Å². The van der Waals surface area contributed by atoms with Crippen LogP contribution < -0.4 is 0 Å². The summed E-state index contributed by atoms with van der Waals surface area (Å²) in [6, 6.07) is 10.3. The maximum Gasteiger partial charge on any atom is 0.241 e. The summed E-state index contributed by atoms with van der Waals surface area (Å²) >= 11 is 0. The molecule has 2 atom stereocenters. The third kappa shape index (κ3) is 7.62. The Hall–Kier alpha value is -1.32. The Bertz CT molecular complexity index is 474. The van der Waals surface area contributed by atoms with E-state index in [0.717, 1.165) is 12.2 Å². The molecule has 1 aromatic rings. The zero-order valence-electron chi connectivity index (χ0n) is 14.6. The molecule has 0 heterocycles. The predicted molar refractivity (Wildman–Crippen MR) is 97.2 cm³/mol. The summed E-state index contributed by atoms with van der Waals surface area (Å²) in [6.07, 6.45) is 5.08. The van der Waals surface area contributed by atoms with Crippen molar-refractivity contribution in [3.8, 4) is 0 Å². The van der Waals surface area contributed by atoms with E-state index in [2.05, 4.69) is 57.4 Å². The molecule has 0 aliphatic heterocycles. The minimum Gasteiger partial charge on any atom is -0.548 e. The molecular formula is C19H30O2Si. The van der Waals surface area contributed by atoms with Crippen molar-refractivity contribution in [1.29, 1.82) is 0 Å². The van der Waals surface area contributed by atoms with E-state index in [1.54, 1.807) is 0 Å². The van der Waals surface area contributed by atoms with Gasteiger partial charge in [0.05, 0.1) is 18.5 Å². The maximum absolute atomic E-state index is 6.15. The van der Waals surface area contributed by atoms with Crippen molar-refractivity contribution in [2.45, 2.75) is 52.6 Å². The van der Waals surface area contributed by atoms with Crippen LogP contribution in [-0.4, -0.2) is 14.4 Å². The van der Waals surface area contributed by atoms with Crippen molar-refractivity contribution in [2.75, 3.05) is 0 Å². The highest BCUT2D eigenvalue weighted by molar-refractivity contribution is 6.70. The molecule has 0 saturated heterocycles. The van der Waals surface area contributed by atoms with Gasteiger partial charge in [-0.05, 0) is 32.1 Å². The van der Waals surface area contributed by atoms with Crippen molar-refractivity contribution >= 4 is 8.32 Å². The normalized spacial score (nSPS) is 14.8. The average Bonchev–Trinajstić information content (AvgIpc) is 2.42. The molecule has 1 aromatic carbocycles. The van der Waals surface area contributed by atoms with E-state index < -0.39 is 8.32 Å². The Labute approximate surface area is 137 Å². The minimum absolute atomic E-state index is 0.0836. The topological polar surface area (TPSA) is 18.5 Å². The van der Waals surface area contributed by atoms with Crippen molar-refractivity contribution < 1.29 is 9.16 Å². The van der Waals surface area contributed by atoms with Gasteiger partial charge in [0.25, 0.3) is 0 Å². The summed E-state index contributed by atoms with van der Waals surface area (Å²) in [4.78, 5) is 0. The van der Waals surface area contributed by atoms with Gasteiger partial charge in [-0.1, -0.05) is 56.0 Å². The lowest BCUT2D eigenvalue weighted by atomic mass is 10.0. The van der Waals surface area contributed by atoms with Crippen LogP contribution in [0.15, 0.2) is 54.8 Å². The van der Waals surface area contributed by atoms with Crippen molar-refractivity contribution in [1.82, 2.24) is 0 Å². The van der Waals surface area contributed by atoms with Gasteiger partial charge in [-0.3, -0.25) is 0 Å². The first-order valence-electron chi connectivity index (χ1n) is 7.97. The van der Waals surface area contributed by atoms with Gasteiger partial charge in [0.2, 0.25) is 8.32 Å². The molecule has 2 nitrogen and oxygen atoms in total. The molecule has 0 unspecified atom stereocenters. The predicted octanol–water partition coefficient (Wildman–Crippen LogP) is 5.54. The summed E-state index contributed by atoms with van der Waals surface area (Å²) in [7, 11) is -1.60. The lowest BCUT2D eigenvalue weighted by molar-refractivity contribution is 0.0131. The Morgan fingerprint density at radius 3 is 2.41 bits per heavy atom. The molecule has 3 heteroatoms. The smallest absolute Gasteiger partial charge is 0.241 e. The molecule has 0 bridgehead atoms. The third-order valence-corrected chi connectivity index (χ3v) is 4.17. The number of rotatable bonds is 9. The highest BCUT2D eigenvalue weighted by Crippen LogP contribution is 2.22. The molecule has 1 rings (SSSR count). The van der Waals surface area contributed by atoms with Crippen molar-refractivity contribution in [3.05, 3.63) is 60.4 Å². The van der Waals surface area contributed by atoms with Gasteiger partial charge < -0.3 is 9.16 Å². The van der Waals surface area contributed by atoms with Crippen LogP contribution in [0.4, 0.5) is 0 Å². The van der Waals surface area contributed by atoms with E-state index in [4.69, 9.17) is 9.16 Å². The maximum atomic E-state index is 6.15. The zero-order chi connectivity index (χ0) is 16.6. The first-order chi connectivity index (χ1) is 10.3. The second-order valence-corrected chi connectivity index (χ2v) is 11.1. The molecule has 122 valence electrons. The molecule has 0 aliphatic rings. The summed E-state index contributed by atoms with van der Waals surface area (Å²) in [5.41, 5.74) is 1.19. The van der Waals surface area contributed by atoms with Crippen molar-refractivity contribution in [3.63, 3.8) is 0 Å². The number of hydrogen-bond acceptors (Lipinski definition) is 2. The number of allylic oxidation sites excluding steroid dienone is 1. The first-order valence-corrected chi connectivity index (χ1v) is 11.4. The van der Waals surface area contributed by atoms with Crippen LogP contribution in [0, 0.1) is 5.92 Å². The van der Waals surface area contributed by atoms with E-state index in [0.29, 0.717) is 12.5 Å². The van der Waals surface area contributed by atoms with Gasteiger partial charge in [0.15, 0.2) is 0 Å². The summed E-state index contributed by atoms with van der Waals surface area (Å²) in [5.74, 6) is 1.17. The molecule has 0 amide bonds. The average molecular weight is 319 g/mol. The fourth-order valence-corrected chi connectivity index (χ4v) is 3.25. The number of benzene rings is 1. The van der Waals surface area contributed by atoms with Crippen LogP contribution in [-0.2, 0) is 15.8 Å². The van der Waals surface area contributed by atoms with Crippen molar-refractivity contribution in [2.24, 2.45) is 5.92 Å². The second kappa shape index (κ2) is 8.96. The number of ether oxygens (including phenoxy) is 1. The quantitative estimate of drug-likeness (QED) is 0.338. The van der Waals surface area contributed by atoms with Gasteiger partial charge in [-0.25, -0.2) is 0 Å². The minimum atomic E-state index is -1.60. The van der Waals surface area contributed by atoms with Gasteiger partial charge >= 0.3 is 0 Å². The molecular weight excluding hydrogens is 288 g/mol. The van der Waals surface area contributed by atoms with Crippen LogP contribution in [0.3, 0.4) is 0 Å². The second-order valence-electron chi connectivity index (χ2n) is 6.68. The third-order valence-electron chi connectivity index (χ3n) is 3.27. The SMILES string of the molecule is C=C(C[C@@H](OCc1ccccc1)[C@H](C)/C=C/C)O[Si](C)(C)C. The number of hydrogen-bond donors (Lipinski definition) is 0. The largest absolute Gasteiger partial charge is 0.548 e. The monoisotopic (exact) mass is 318 g/mol. The van der Waals surface area contributed by atoms with Gasteiger partial charge in [0, 0.05) is 12.3 Å². The molecule has 0 aliphatic carbocycles. The standard InChI is InChI=1S/C19H30O2Si/c1-7-11-16(2)19(14-17(3)21-22(4,5)6)20-15-18-12-9-8-10-13-18/h7-13,16,19H,3,14-15H2,1-2,4-6H3/b11-7+/t16-,19-/m1/s1. The molecule has 0 fully saturated rings. The van der Waals surface area contributed by atoms with Gasteiger partial charge in [-0.15, -0.1) is 0 Å². The highest BCUT2D eigenvalue weighted by atomic mass is 28.4. The molecule has 0 N–H and O–H groups in total. The molecule has 0 spiro atoms. The van der Waals surface area contributed by atoms with Crippen LogP contribution >= 0.6 is 0 Å². The fraction of sp³-hybridized carbons (Fsp3) is 0.474. The molecule has 0 saturated carbocycles. The summed E-state index contributed by atoms with van der Waals surface area (Å²) < 4.78 is 12.1. The summed E-state index contributed by atoms with van der Waals surface area (Å²) in [6.45, 7) is 15.4. The summed E-state index contributed by atoms with van der Waals surface area (Å²) in [5, 5.41) is 0. The molecule has 0 aromatic heterocycles. The van der Waals surface area contributed by atoms with Crippen LogP contribution in [0.2, 0.25) is 19.6 Å². The Kier molecular flexibility index (Phi) is 7.63. The van der Waals surface area contributed by atoms with Crippen LogP contribution in [0.1, 0.15) is 25.8 Å². The zero-order valence-corrected chi connectivity index (χ0v) is 15.6. The van der Waals surface area contributed by atoms with E-state index in [-0.39, 0.29) is 6.10 Å². The van der Waals surface area contributed by atoms with Crippen LogP contribution in [0.25, 0.3) is 0 Å². The van der Waals surface area contributed by atoms with Gasteiger partial charge in [-0.2, -0.15) is 0 Å². The van der Waals surface area contributed by atoms with E-state index in [1.165, 1.54) is 5.56 Å². The highest BCUT2D eigenvalue weighted by Gasteiger charge is 2.22. The lowest BCUT2D eigenvalue weighted by Gasteiger charge is -2.27. The van der Waals surface area contributed by atoms with E-state index >= 15 is 0 Å². The van der Waals surface area contributed by atoms with Gasteiger partial charge in [0.1, 0.15) is 0 Å². The Balaban J connectivity index is 2.65. The molecule has 0 radical (unpaired) electrons. The van der Waals surface area contributed by atoms with E-state index in [9.17, 15) is 0 Å². The molecule has 22 heavy (non-hydrogen) atoms. The fourth-order valence-electron chi connectivity index (χ4n) is 2.30. The van der Waals surface area contributed by atoms with E-state index in [1.807, 2.05) is 25.1 Å². The Morgan fingerprint density at radius 2 is 1.86 bits per heavy atom. The lowest BCUT2D eigenvalue weighted by Crippen LogP contribution is -2.28. The first kappa shape index (κ1) is 18.7. The Morgan fingerprint density at radius 1 is 1.23 bits per heavy atom.